The molecule has 2 fully saturated rings. The first-order valence-electron chi connectivity index (χ1n) is 7.35. The lowest BCUT2D eigenvalue weighted by molar-refractivity contribution is -0.125. The van der Waals surface area contributed by atoms with E-state index in [4.69, 9.17) is 4.74 Å². The van der Waals surface area contributed by atoms with Gasteiger partial charge in [0.05, 0.1) is 12.5 Å². The van der Waals surface area contributed by atoms with Gasteiger partial charge < -0.3 is 10.1 Å². The van der Waals surface area contributed by atoms with Crippen molar-refractivity contribution in [3.63, 3.8) is 0 Å². The van der Waals surface area contributed by atoms with Crippen molar-refractivity contribution in [3.8, 4) is 0 Å². The Morgan fingerprint density at radius 3 is 3.14 bits per heavy atom. The topological polar surface area (TPSA) is 71.5 Å². The zero-order valence-corrected chi connectivity index (χ0v) is 11.9. The standard InChI is InChI=1S/C15H19N3O3/c19-14-2-1-6-18(14)13-8-11(3-5-16-13)9-17-15(20)12-4-7-21-10-12/h3,5,8,12H,1-2,4,6-7,9-10H2,(H,17,20)/t12-/m0/s1. The van der Waals surface area contributed by atoms with Crippen LogP contribution >= 0.6 is 0 Å². The van der Waals surface area contributed by atoms with E-state index >= 15 is 0 Å². The van der Waals surface area contributed by atoms with Gasteiger partial charge in [0.15, 0.2) is 0 Å². The predicted molar refractivity (Wildman–Crippen MR) is 76.6 cm³/mol. The molecule has 0 aromatic carbocycles. The third-order valence-electron chi connectivity index (χ3n) is 3.93. The average Bonchev–Trinajstić information content (AvgIpc) is 3.16. The van der Waals surface area contributed by atoms with Crippen molar-refractivity contribution in [2.24, 2.45) is 5.92 Å². The minimum atomic E-state index is -0.0357. The first-order chi connectivity index (χ1) is 10.2. The first-order valence-corrected chi connectivity index (χ1v) is 7.35. The monoisotopic (exact) mass is 289 g/mol. The van der Waals surface area contributed by atoms with E-state index in [9.17, 15) is 9.59 Å². The molecule has 112 valence electrons. The van der Waals surface area contributed by atoms with E-state index in [0.717, 1.165) is 24.9 Å². The van der Waals surface area contributed by atoms with Gasteiger partial charge in [-0.25, -0.2) is 4.98 Å². The Morgan fingerprint density at radius 1 is 1.52 bits per heavy atom. The number of hydrogen-bond donors (Lipinski definition) is 1. The molecule has 3 rings (SSSR count). The zero-order valence-electron chi connectivity index (χ0n) is 11.9. The van der Waals surface area contributed by atoms with Gasteiger partial charge in [0.2, 0.25) is 11.8 Å². The number of ether oxygens (including phenoxy) is 1. The molecule has 6 heteroatoms. The molecule has 2 aliphatic rings. The maximum atomic E-state index is 11.9. The average molecular weight is 289 g/mol. The molecule has 0 spiro atoms. The molecular formula is C15H19N3O3. The highest BCUT2D eigenvalue weighted by atomic mass is 16.5. The van der Waals surface area contributed by atoms with Gasteiger partial charge >= 0.3 is 0 Å². The molecule has 1 atom stereocenters. The second-order valence-electron chi connectivity index (χ2n) is 5.45. The second kappa shape index (κ2) is 6.22. The van der Waals surface area contributed by atoms with Crippen molar-refractivity contribution >= 4 is 17.6 Å². The van der Waals surface area contributed by atoms with E-state index in [1.54, 1.807) is 11.1 Å². The minimum absolute atomic E-state index is 0.0307. The summed E-state index contributed by atoms with van der Waals surface area (Å²) >= 11 is 0. The van der Waals surface area contributed by atoms with E-state index in [1.165, 1.54) is 0 Å². The maximum absolute atomic E-state index is 11.9. The Balaban J connectivity index is 1.60. The minimum Gasteiger partial charge on any atom is -0.381 e. The number of carbonyl (C=O) groups is 2. The maximum Gasteiger partial charge on any atom is 0.228 e. The van der Waals surface area contributed by atoms with E-state index < -0.39 is 0 Å². The van der Waals surface area contributed by atoms with Crippen LogP contribution in [0.3, 0.4) is 0 Å². The van der Waals surface area contributed by atoms with Gasteiger partial charge in [-0.15, -0.1) is 0 Å². The number of rotatable bonds is 4. The highest BCUT2D eigenvalue weighted by molar-refractivity contribution is 5.94. The fraction of sp³-hybridized carbons (Fsp3) is 0.533. The summed E-state index contributed by atoms with van der Waals surface area (Å²) in [5.74, 6) is 0.787. The Hall–Kier alpha value is -1.95. The van der Waals surface area contributed by atoms with Crippen molar-refractivity contribution in [1.29, 1.82) is 0 Å². The number of anilines is 1. The van der Waals surface area contributed by atoms with Crippen LogP contribution in [0.4, 0.5) is 5.82 Å². The molecule has 0 unspecified atom stereocenters. The van der Waals surface area contributed by atoms with Crippen molar-refractivity contribution in [3.05, 3.63) is 23.9 Å². The van der Waals surface area contributed by atoms with Crippen LogP contribution in [0.25, 0.3) is 0 Å². The smallest absolute Gasteiger partial charge is 0.228 e. The summed E-state index contributed by atoms with van der Waals surface area (Å²) in [6.07, 6.45) is 3.93. The van der Waals surface area contributed by atoms with Crippen LogP contribution in [0.2, 0.25) is 0 Å². The van der Waals surface area contributed by atoms with Gasteiger partial charge in [0, 0.05) is 32.3 Å². The third kappa shape index (κ3) is 3.21. The van der Waals surface area contributed by atoms with Crippen LogP contribution in [0, 0.1) is 5.92 Å². The fourth-order valence-electron chi connectivity index (χ4n) is 2.68. The summed E-state index contributed by atoms with van der Waals surface area (Å²) in [6.45, 7) is 2.35. The lowest BCUT2D eigenvalue weighted by Gasteiger charge is -2.15. The Labute approximate surface area is 123 Å². The van der Waals surface area contributed by atoms with Gasteiger partial charge in [0.1, 0.15) is 5.82 Å². The molecule has 0 saturated carbocycles. The van der Waals surface area contributed by atoms with Crippen molar-refractivity contribution in [2.75, 3.05) is 24.7 Å². The van der Waals surface area contributed by atoms with Crippen LogP contribution < -0.4 is 10.2 Å². The van der Waals surface area contributed by atoms with E-state index in [2.05, 4.69) is 10.3 Å². The van der Waals surface area contributed by atoms with Gasteiger partial charge in [-0.2, -0.15) is 0 Å². The number of aromatic nitrogens is 1. The van der Waals surface area contributed by atoms with Gasteiger partial charge in [-0.05, 0) is 30.5 Å². The number of nitrogens with zero attached hydrogens (tertiary/aromatic N) is 2. The summed E-state index contributed by atoms with van der Waals surface area (Å²) in [5, 5.41) is 2.92. The SMILES string of the molecule is O=C(NCc1ccnc(N2CCCC2=O)c1)[C@H]1CCOC1. The zero-order chi connectivity index (χ0) is 14.7. The molecule has 1 aromatic heterocycles. The van der Waals surface area contributed by atoms with Crippen molar-refractivity contribution in [2.45, 2.75) is 25.8 Å². The third-order valence-corrected chi connectivity index (χ3v) is 3.93. The normalized spacial score (nSPS) is 21.8. The van der Waals surface area contributed by atoms with Crippen molar-refractivity contribution < 1.29 is 14.3 Å². The second-order valence-corrected chi connectivity index (χ2v) is 5.45. The van der Waals surface area contributed by atoms with Crippen LogP contribution in [-0.2, 0) is 20.9 Å². The summed E-state index contributed by atoms with van der Waals surface area (Å²) in [5.41, 5.74) is 0.951. The van der Waals surface area contributed by atoms with Crippen LogP contribution in [0.5, 0.6) is 0 Å². The summed E-state index contributed by atoms with van der Waals surface area (Å²) < 4.78 is 5.21. The molecule has 2 amide bonds. The molecule has 2 aliphatic heterocycles. The largest absolute Gasteiger partial charge is 0.381 e. The molecule has 1 N–H and O–H groups in total. The molecule has 6 nitrogen and oxygen atoms in total. The van der Waals surface area contributed by atoms with E-state index in [0.29, 0.717) is 32.0 Å². The molecule has 0 aliphatic carbocycles. The van der Waals surface area contributed by atoms with E-state index in [1.807, 2.05) is 12.1 Å². The van der Waals surface area contributed by atoms with Crippen LogP contribution in [0.15, 0.2) is 18.3 Å². The summed E-state index contributed by atoms with van der Waals surface area (Å²) in [4.78, 5) is 29.6. The number of pyridine rings is 1. The van der Waals surface area contributed by atoms with Crippen LogP contribution in [-0.4, -0.2) is 36.6 Å². The van der Waals surface area contributed by atoms with E-state index in [-0.39, 0.29) is 17.7 Å². The number of hydrogen-bond acceptors (Lipinski definition) is 4. The predicted octanol–water partition coefficient (Wildman–Crippen LogP) is 0.861. The first kappa shape index (κ1) is 14.0. The molecule has 21 heavy (non-hydrogen) atoms. The fourth-order valence-corrected chi connectivity index (χ4v) is 2.68. The molecule has 2 saturated heterocycles. The lowest BCUT2D eigenvalue weighted by atomic mass is 10.1. The number of amides is 2. The Bertz CT molecular complexity index is 541. The highest BCUT2D eigenvalue weighted by Gasteiger charge is 2.24. The molecule has 0 bridgehead atoms. The van der Waals surface area contributed by atoms with Gasteiger partial charge in [-0.1, -0.05) is 0 Å². The van der Waals surface area contributed by atoms with Gasteiger partial charge in [-0.3, -0.25) is 14.5 Å². The summed E-state index contributed by atoms with van der Waals surface area (Å²) in [7, 11) is 0. The lowest BCUT2D eigenvalue weighted by Crippen LogP contribution is -2.30. The van der Waals surface area contributed by atoms with Gasteiger partial charge in [0.25, 0.3) is 0 Å². The Morgan fingerprint density at radius 2 is 2.43 bits per heavy atom. The van der Waals surface area contributed by atoms with Crippen molar-refractivity contribution in [1.82, 2.24) is 10.3 Å². The Kier molecular flexibility index (Phi) is 4.15. The molecule has 0 radical (unpaired) electrons. The molecular weight excluding hydrogens is 270 g/mol. The number of nitrogens with one attached hydrogen (secondary N) is 1. The summed E-state index contributed by atoms with van der Waals surface area (Å²) in [6, 6.07) is 3.73. The quantitative estimate of drug-likeness (QED) is 0.892. The molecule has 3 heterocycles. The molecule has 1 aromatic rings. The number of carbonyl (C=O) groups excluding carboxylic acids is 2. The highest BCUT2D eigenvalue weighted by Crippen LogP contribution is 2.20. The van der Waals surface area contributed by atoms with Crippen LogP contribution in [0.1, 0.15) is 24.8 Å².